The van der Waals surface area contributed by atoms with E-state index < -0.39 is 5.91 Å². The first-order valence-electron chi connectivity index (χ1n) is 7.96. The van der Waals surface area contributed by atoms with Crippen molar-refractivity contribution in [1.29, 1.82) is 0 Å². The van der Waals surface area contributed by atoms with Crippen LogP contribution >= 0.6 is 11.8 Å². The highest BCUT2D eigenvalue weighted by Crippen LogP contribution is 2.34. The van der Waals surface area contributed by atoms with Crippen LogP contribution in [0.1, 0.15) is 22.3 Å². The number of hydrogen-bond acceptors (Lipinski definition) is 6. The Morgan fingerprint density at radius 2 is 2.12 bits per heavy atom. The zero-order valence-electron chi connectivity index (χ0n) is 14.1. The molecule has 2 fully saturated rings. The molecule has 2 N–H and O–H groups in total. The molecule has 0 aromatic heterocycles. The summed E-state index contributed by atoms with van der Waals surface area (Å²) < 4.78 is 0. The Morgan fingerprint density at radius 1 is 1.36 bits per heavy atom. The number of hydrazine groups is 1. The monoisotopic (exact) mass is 360 g/mol. The highest BCUT2D eigenvalue weighted by molar-refractivity contribution is 8.18. The average Bonchev–Trinajstić information content (AvgIpc) is 3.13. The van der Waals surface area contributed by atoms with Crippen LogP contribution in [-0.4, -0.2) is 65.2 Å². The summed E-state index contributed by atoms with van der Waals surface area (Å²) in [5.41, 5.74) is 6.30. The fraction of sp³-hybridized carbons (Fsp3) is 0.353. The van der Waals surface area contributed by atoms with Gasteiger partial charge in [-0.3, -0.25) is 14.4 Å². The van der Waals surface area contributed by atoms with Crippen molar-refractivity contribution in [1.82, 2.24) is 14.9 Å². The number of imide groups is 1. The second-order valence-electron chi connectivity index (χ2n) is 6.30. The van der Waals surface area contributed by atoms with Crippen molar-refractivity contribution in [2.75, 3.05) is 27.2 Å². The smallest absolute Gasteiger partial charge is 0.308 e. The van der Waals surface area contributed by atoms with Crippen LogP contribution in [0.25, 0.3) is 6.08 Å². The minimum Gasteiger partial charge on any atom is -0.366 e. The van der Waals surface area contributed by atoms with Crippen LogP contribution in [0.4, 0.5) is 4.79 Å². The summed E-state index contributed by atoms with van der Waals surface area (Å²) in [7, 11) is 3.99. The van der Waals surface area contributed by atoms with E-state index in [1.165, 1.54) is 5.01 Å². The largest absolute Gasteiger partial charge is 0.366 e. The molecule has 25 heavy (non-hydrogen) atoms. The van der Waals surface area contributed by atoms with E-state index in [1.54, 1.807) is 30.3 Å². The van der Waals surface area contributed by atoms with E-state index in [4.69, 9.17) is 5.73 Å². The van der Waals surface area contributed by atoms with Crippen LogP contribution in [0.15, 0.2) is 29.2 Å². The SMILES string of the molecule is CN(C)C1CCN(N2C(=O)S/C(=C\c3cccc(C(N)=O)c3)C2=O)C1. The molecule has 2 saturated heterocycles. The van der Waals surface area contributed by atoms with Gasteiger partial charge < -0.3 is 10.6 Å². The molecule has 8 heteroatoms. The highest BCUT2D eigenvalue weighted by atomic mass is 32.2. The van der Waals surface area contributed by atoms with Gasteiger partial charge in [0.1, 0.15) is 0 Å². The summed E-state index contributed by atoms with van der Waals surface area (Å²) in [5, 5.41) is 2.75. The van der Waals surface area contributed by atoms with Crippen LogP contribution in [0.5, 0.6) is 0 Å². The average molecular weight is 360 g/mol. The third-order valence-corrected chi connectivity index (χ3v) is 5.26. The molecule has 132 valence electrons. The molecule has 7 nitrogen and oxygen atoms in total. The zero-order chi connectivity index (χ0) is 18.1. The van der Waals surface area contributed by atoms with Gasteiger partial charge in [0.2, 0.25) is 5.91 Å². The standard InChI is InChI=1S/C17H20N4O3S/c1-19(2)13-6-7-20(10-13)21-16(23)14(25-17(21)24)9-11-4-3-5-12(8-11)15(18)22/h3-5,8-9,13H,6-7,10H2,1-2H3,(H2,18,22)/b14-9-. The summed E-state index contributed by atoms with van der Waals surface area (Å²) in [6.07, 6.45) is 2.53. The van der Waals surface area contributed by atoms with Gasteiger partial charge in [-0.15, -0.1) is 0 Å². The summed E-state index contributed by atoms with van der Waals surface area (Å²) in [6.45, 7) is 1.32. The number of rotatable bonds is 4. The fourth-order valence-corrected chi connectivity index (χ4v) is 3.81. The lowest BCUT2D eigenvalue weighted by Gasteiger charge is -2.25. The third-order valence-electron chi connectivity index (χ3n) is 4.40. The van der Waals surface area contributed by atoms with Crippen LogP contribution < -0.4 is 5.73 Å². The Balaban J connectivity index is 1.79. The first-order chi connectivity index (χ1) is 11.9. The predicted octanol–water partition coefficient (Wildman–Crippen LogP) is 1.37. The minimum absolute atomic E-state index is 0.290. The molecule has 0 aliphatic carbocycles. The van der Waals surface area contributed by atoms with Crippen molar-refractivity contribution >= 4 is 34.9 Å². The molecule has 2 aliphatic heterocycles. The summed E-state index contributed by atoms with van der Waals surface area (Å²) in [6, 6.07) is 6.99. The van der Waals surface area contributed by atoms with Crippen molar-refractivity contribution in [2.24, 2.45) is 5.73 Å². The highest BCUT2D eigenvalue weighted by Gasteiger charge is 2.42. The Labute approximate surface area is 150 Å². The number of thioether (sulfide) groups is 1. The molecular formula is C17H20N4O3S. The molecule has 1 aromatic rings. The summed E-state index contributed by atoms with van der Waals surface area (Å²) in [4.78, 5) is 38.7. The number of amides is 3. The normalized spacial score (nSPS) is 23.2. The van der Waals surface area contributed by atoms with Gasteiger partial charge in [0, 0.05) is 24.7 Å². The Morgan fingerprint density at radius 3 is 2.76 bits per heavy atom. The van der Waals surface area contributed by atoms with E-state index in [0.717, 1.165) is 18.2 Å². The van der Waals surface area contributed by atoms with E-state index in [9.17, 15) is 14.4 Å². The lowest BCUT2D eigenvalue weighted by atomic mass is 10.1. The van der Waals surface area contributed by atoms with Gasteiger partial charge in [0.15, 0.2) is 0 Å². The number of carbonyl (C=O) groups excluding carboxylic acids is 3. The van der Waals surface area contributed by atoms with Crippen molar-refractivity contribution in [2.45, 2.75) is 12.5 Å². The van der Waals surface area contributed by atoms with Crippen molar-refractivity contribution < 1.29 is 14.4 Å². The summed E-state index contributed by atoms with van der Waals surface area (Å²) in [5.74, 6) is -0.853. The number of primary amides is 1. The predicted molar refractivity (Wildman–Crippen MR) is 96.4 cm³/mol. The molecule has 1 unspecified atom stereocenters. The van der Waals surface area contributed by atoms with Crippen LogP contribution in [-0.2, 0) is 4.79 Å². The van der Waals surface area contributed by atoms with Gasteiger partial charge in [-0.25, -0.2) is 5.01 Å². The maximum Gasteiger partial charge on any atom is 0.308 e. The van der Waals surface area contributed by atoms with Crippen LogP contribution in [0, 0.1) is 0 Å². The lowest BCUT2D eigenvalue weighted by molar-refractivity contribution is -0.133. The number of nitrogens with two attached hydrogens (primary N) is 1. The molecule has 3 rings (SSSR count). The number of hydrogen-bond donors (Lipinski definition) is 1. The molecule has 0 spiro atoms. The van der Waals surface area contributed by atoms with Crippen molar-refractivity contribution in [3.63, 3.8) is 0 Å². The second-order valence-corrected chi connectivity index (χ2v) is 7.30. The number of nitrogens with zero attached hydrogens (tertiary/aromatic N) is 3. The van der Waals surface area contributed by atoms with E-state index in [2.05, 4.69) is 4.90 Å². The molecule has 0 saturated carbocycles. The van der Waals surface area contributed by atoms with Gasteiger partial charge in [-0.1, -0.05) is 12.1 Å². The van der Waals surface area contributed by atoms with E-state index in [1.807, 2.05) is 19.1 Å². The number of benzene rings is 1. The molecule has 0 radical (unpaired) electrons. The molecule has 1 atom stereocenters. The van der Waals surface area contributed by atoms with Gasteiger partial charge >= 0.3 is 5.24 Å². The van der Waals surface area contributed by atoms with E-state index in [0.29, 0.717) is 35.2 Å². The van der Waals surface area contributed by atoms with Gasteiger partial charge in [0.25, 0.3) is 5.91 Å². The first-order valence-corrected chi connectivity index (χ1v) is 8.77. The molecule has 2 heterocycles. The Bertz CT molecular complexity index is 762. The Kier molecular flexibility index (Phi) is 4.94. The molecule has 3 amide bonds. The number of likely N-dealkylation sites (N-methyl/N-ethyl adjacent to an activating group) is 1. The summed E-state index contributed by atoms with van der Waals surface area (Å²) >= 11 is 0.914. The molecule has 0 bridgehead atoms. The first kappa shape index (κ1) is 17.7. The number of carbonyl (C=O) groups is 3. The minimum atomic E-state index is -0.532. The second kappa shape index (κ2) is 6.99. The van der Waals surface area contributed by atoms with Gasteiger partial charge in [-0.05, 0) is 56.1 Å². The van der Waals surface area contributed by atoms with Gasteiger partial charge in [-0.2, -0.15) is 5.01 Å². The van der Waals surface area contributed by atoms with E-state index >= 15 is 0 Å². The molecule has 1 aromatic carbocycles. The lowest BCUT2D eigenvalue weighted by Crippen LogP contribution is -2.45. The van der Waals surface area contributed by atoms with Crippen LogP contribution in [0.3, 0.4) is 0 Å². The van der Waals surface area contributed by atoms with E-state index in [-0.39, 0.29) is 11.1 Å². The maximum absolute atomic E-state index is 12.7. The fourth-order valence-electron chi connectivity index (χ4n) is 2.96. The maximum atomic E-state index is 12.7. The quantitative estimate of drug-likeness (QED) is 0.816. The topological polar surface area (TPSA) is 86.9 Å². The van der Waals surface area contributed by atoms with Crippen molar-refractivity contribution in [3.05, 3.63) is 40.3 Å². The Hall–Kier alpha value is -2.16. The van der Waals surface area contributed by atoms with Gasteiger partial charge in [0.05, 0.1) is 4.91 Å². The molecular weight excluding hydrogens is 340 g/mol. The van der Waals surface area contributed by atoms with Crippen molar-refractivity contribution in [3.8, 4) is 0 Å². The zero-order valence-corrected chi connectivity index (χ0v) is 15.0. The molecule has 2 aliphatic rings. The van der Waals surface area contributed by atoms with Crippen LogP contribution in [0.2, 0.25) is 0 Å². The third kappa shape index (κ3) is 3.60.